The molecule has 28 heavy (non-hydrogen) atoms. The number of aromatic amines is 1. The molecule has 4 rings (SSSR count). The molecule has 3 nitrogen and oxygen atoms in total. The maximum Gasteiger partial charge on any atom is 0.126 e. The summed E-state index contributed by atoms with van der Waals surface area (Å²) in [5.41, 5.74) is 6.95. The lowest BCUT2D eigenvalue weighted by atomic mass is 9.86. The maximum atomic E-state index is 5.91. The second-order valence-corrected chi connectivity index (χ2v) is 8.04. The van der Waals surface area contributed by atoms with E-state index in [1.54, 1.807) is 0 Å². The van der Waals surface area contributed by atoms with Gasteiger partial charge in [-0.15, -0.1) is 0 Å². The van der Waals surface area contributed by atoms with Crippen molar-refractivity contribution in [3.05, 3.63) is 83.8 Å². The molecule has 0 saturated carbocycles. The number of allylic oxidation sites excluding steroid dienone is 1. The van der Waals surface area contributed by atoms with Crippen LogP contribution in [0.25, 0.3) is 17.2 Å². The number of rotatable bonds is 5. The summed E-state index contributed by atoms with van der Waals surface area (Å²) >= 11 is 0. The molecular formula is C25H26N2O. The van der Waals surface area contributed by atoms with Gasteiger partial charge in [0, 0.05) is 28.6 Å². The summed E-state index contributed by atoms with van der Waals surface area (Å²) in [5.74, 6) is 0.881. The Morgan fingerprint density at radius 2 is 1.79 bits per heavy atom. The minimum Gasteiger partial charge on any atom is -0.488 e. The smallest absolute Gasteiger partial charge is 0.126 e. The molecule has 0 amide bonds. The van der Waals surface area contributed by atoms with Gasteiger partial charge in [0.2, 0.25) is 0 Å². The fraction of sp³-hybridized carbons (Fsp3) is 0.240. The second-order valence-electron chi connectivity index (χ2n) is 8.04. The summed E-state index contributed by atoms with van der Waals surface area (Å²) in [7, 11) is 0. The van der Waals surface area contributed by atoms with E-state index in [1.165, 1.54) is 16.7 Å². The third-order valence-corrected chi connectivity index (χ3v) is 5.19. The zero-order valence-corrected chi connectivity index (χ0v) is 16.7. The molecule has 0 spiro atoms. The Hall–Kier alpha value is -3.07. The fourth-order valence-electron chi connectivity index (χ4n) is 3.58. The van der Waals surface area contributed by atoms with Crippen LogP contribution in [0, 0.1) is 12.3 Å². The van der Waals surface area contributed by atoms with Crippen molar-refractivity contribution in [1.29, 1.82) is 0 Å². The van der Waals surface area contributed by atoms with Gasteiger partial charge < -0.3 is 9.72 Å². The van der Waals surface area contributed by atoms with Gasteiger partial charge >= 0.3 is 0 Å². The van der Waals surface area contributed by atoms with E-state index >= 15 is 0 Å². The molecule has 3 aromatic rings. The van der Waals surface area contributed by atoms with E-state index in [2.05, 4.69) is 62.2 Å². The molecule has 1 aliphatic heterocycles. The zero-order chi connectivity index (χ0) is 19.6. The summed E-state index contributed by atoms with van der Waals surface area (Å²) in [4.78, 5) is 8.29. The van der Waals surface area contributed by atoms with Crippen LogP contribution in [0.3, 0.4) is 0 Å². The first-order valence-corrected chi connectivity index (χ1v) is 9.72. The van der Waals surface area contributed by atoms with E-state index in [9.17, 15) is 0 Å². The van der Waals surface area contributed by atoms with Crippen LogP contribution in [0.15, 0.2) is 77.5 Å². The van der Waals surface area contributed by atoms with Gasteiger partial charge in [-0.2, -0.15) is 0 Å². The van der Waals surface area contributed by atoms with E-state index in [-0.39, 0.29) is 5.41 Å². The SMILES string of the molecule is Cc1ccc(-c2cc[nH]c2/C=C2\N=C(COc3ccccc3)CC2(C)C)cc1. The number of nitrogens with one attached hydrogen (secondary N) is 1. The van der Waals surface area contributed by atoms with Crippen LogP contribution in [0.4, 0.5) is 0 Å². The summed E-state index contributed by atoms with van der Waals surface area (Å²) < 4.78 is 5.91. The van der Waals surface area contributed by atoms with Crippen LogP contribution in [-0.2, 0) is 0 Å². The molecule has 3 heteroatoms. The third kappa shape index (κ3) is 3.94. The highest BCUT2D eigenvalue weighted by Gasteiger charge is 2.32. The molecule has 142 valence electrons. The Bertz CT molecular complexity index is 1010. The van der Waals surface area contributed by atoms with Crippen molar-refractivity contribution >= 4 is 11.8 Å². The molecule has 2 heterocycles. The highest BCUT2D eigenvalue weighted by atomic mass is 16.5. The van der Waals surface area contributed by atoms with Gasteiger partial charge in [-0.3, -0.25) is 4.99 Å². The number of benzene rings is 2. The highest BCUT2D eigenvalue weighted by Crippen LogP contribution is 2.39. The molecule has 0 radical (unpaired) electrons. The van der Waals surface area contributed by atoms with Crippen molar-refractivity contribution in [3.8, 4) is 16.9 Å². The number of H-pyrrole nitrogens is 1. The number of aromatic nitrogens is 1. The van der Waals surface area contributed by atoms with E-state index in [1.807, 2.05) is 36.5 Å². The van der Waals surface area contributed by atoms with Crippen molar-refractivity contribution in [3.63, 3.8) is 0 Å². The number of aliphatic imine (C=N–C) groups is 1. The Labute approximate surface area is 166 Å². The molecule has 0 aliphatic carbocycles. The average Bonchev–Trinajstić information content (AvgIpc) is 3.26. The second kappa shape index (κ2) is 7.51. The predicted octanol–water partition coefficient (Wildman–Crippen LogP) is 6.28. The maximum absolute atomic E-state index is 5.91. The van der Waals surface area contributed by atoms with E-state index in [0.29, 0.717) is 6.61 Å². The normalized spacial score (nSPS) is 17.0. The quantitative estimate of drug-likeness (QED) is 0.564. The number of hydrogen-bond donors (Lipinski definition) is 1. The lowest BCUT2D eigenvalue weighted by Crippen LogP contribution is -2.15. The molecule has 0 atom stereocenters. The molecule has 1 aliphatic rings. The Balaban J connectivity index is 1.57. The summed E-state index contributed by atoms with van der Waals surface area (Å²) in [6.45, 7) is 7.12. The predicted molar refractivity (Wildman–Crippen MR) is 117 cm³/mol. The fourth-order valence-corrected chi connectivity index (χ4v) is 3.58. The van der Waals surface area contributed by atoms with E-state index in [0.717, 1.165) is 29.3 Å². The van der Waals surface area contributed by atoms with Crippen LogP contribution in [0.5, 0.6) is 5.75 Å². The minimum absolute atomic E-state index is 0.00889. The van der Waals surface area contributed by atoms with Crippen molar-refractivity contribution in [2.75, 3.05) is 6.61 Å². The van der Waals surface area contributed by atoms with E-state index < -0.39 is 0 Å². The van der Waals surface area contributed by atoms with Gasteiger partial charge in [-0.05, 0) is 43.2 Å². The Morgan fingerprint density at radius 3 is 2.54 bits per heavy atom. The molecule has 0 fully saturated rings. The zero-order valence-electron chi connectivity index (χ0n) is 16.7. The van der Waals surface area contributed by atoms with Gasteiger partial charge in [-0.1, -0.05) is 61.9 Å². The Morgan fingerprint density at radius 1 is 1.04 bits per heavy atom. The lowest BCUT2D eigenvalue weighted by molar-refractivity contribution is 0.371. The number of ether oxygens (including phenoxy) is 1. The molecule has 0 bridgehead atoms. The van der Waals surface area contributed by atoms with Crippen LogP contribution >= 0.6 is 0 Å². The highest BCUT2D eigenvalue weighted by molar-refractivity contribution is 5.91. The summed E-state index contributed by atoms with van der Waals surface area (Å²) in [5, 5.41) is 0. The van der Waals surface area contributed by atoms with Crippen LogP contribution in [-0.4, -0.2) is 17.3 Å². The largest absolute Gasteiger partial charge is 0.488 e. The van der Waals surface area contributed by atoms with Gasteiger partial charge in [0.15, 0.2) is 0 Å². The third-order valence-electron chi connectivity index (χ3n) is 5.19. The van der Waals surface area contributed by atoms with Crippen molar-refractivity contribution in [2.24, 2.45) is 10.4 Å². The molecular weight excluding hydrogens is 344 g/mol. The topological polar surface area (TPSA) is 37.4 Å². The van der Waals surface area contributed by atoms with Crippen molar-refractivity contribution in [1.82, 2.24) is 4.98 Å². The van der Waals surface area contributed by atoms with Crippen LogP contribution in [0.2, 0.25) is 0 Å². The number of para-hydroxylation sites is 1. The summed E-state index contributed by atoms with van der Waals surface area (Å²) in [6, 6.07) is 20.7. The van der Waals surface area contributed by atoms with Gasteiger partial charge in [-0.25, -0.2) is 0 Å². The van der Waals surface area contributed by atoms with Gasteiger partial charge in [0.05, 0.1) is 5.71 Å². The Kier molecular flexibility index (Phi) is 4.91. The van der Waals surface area contributed by atoms with Gasteiger partial charge in [0.1, 0.15) is 12.4 Å². The lowest BCUT2D eigenvalue weighted by Gasteiger charge is -2.18. The number of hydrogen-bond acceptors (Lipinski definition) is 2. The molecule has 0 unspecified atom stereocenters. The van der Waals surface area contributed by atoms with Crippen molar-refractivity contribution < 1.29 is 4.74 Å². The molecule has 0 saturated heterocycles. The van der Waals surface area contributed by atoms with Gasteiger partial charge in [0.25, 0.3) is 0 Å². The number of nitrogens with zero attached hydrogens (tertiary/aromatic N) is 1. The first kappa shape index (κ1) is 18.3. The summed E-state index contributed by atoms with van der Waals surface area (Å²) in [6.07, 6.45) is 5.09. The van der Waals surface area contributed by atoms with Crippen molar-refractivity contribution in [2.45, 2.75) is 27.2 Å². The number of aryl methyl sites for hydroxylation is 1. The molecule has 1 aromatic heterocycles. The molecule has 1 N–H and O–H groups in total. The average molecular weight is 370 g/mol. The first-order valence-electron chi connectivity index (χ1n) is 9.72. The standard InChI is InChI=1S/C25H26N2O/c1-18-9-11-19(12-10-18)22-13-14-26-23(22)15-24-25(2,3)16-20(27-24)17-28-21-7-5-4-6-8-21/h4-15,26H,16-17H2,1-3H3/b24-15-. The molecule has 2 aromatic carbocycles. The van der Waals surface area contributed by atoms with Crippen LogP contribution in [0.1, 0.15) is 31.5 Å². The monoisotopic (exact) mass is 370 g/mol. The van der Waals surface area contributed by atoms with Crippen LogP contribution < -0.4 is 4.74 Å². The first-order chi connectivity index (χ1) is 13.5. The minimum atomic E-state index is -0.00889. The van der Waals surface area contributed by atoms with E-state index in [4.69, 9.17) is 9.73 Å².